The third kappa shape index (κ3) is 19.2. The predicted octanol–water partition coefficient (Wildman–Crippen LogP) is -0.278. The van der Waals surface area contributed by atoms with Crippen LogP contribution in [0.1, 0.15) is 20.3 Å². The van der Waals surface area contributed by atoms with Crippen LogP contribution in [0.5, 0.6) is 0 Å². The summed E-state index contributed by atoms with van der Waals surface area (Å²) in [5.41, 5.74) is 0.954. The van der Waals surface area contributed by atoms with Gasteiger partial charge in [-0.2, -0.15) is 8.42 Å². The molecule has 0 saturated heterocycles. The summed E-state index contributed by atoms with van der Waals surface area (Å²) >= 11 is 0. The molecule has 25 heavy (non-hydrogen) atoms. The van der Waals surface area contributed by atoms with Crippen LogP contribution in [-0.2, 0) is 19.6 Å². The summed E-state index contributed by atoms with van der Waals surface area (Å²) in [4.78, 5) is 9.89. The quantitative estimate of drug-likeness (QED) is 0.241. The minimum Gasteiger partial charge on any atom is -0.544 e. The Labute approximate surface area is 152 Å². The summed E-state index contributed by atoms with van der Waals surface area (Å²) in [6.45, 7) is 8.79. The molecule has 0 heterocycles. The molecule has 150 valence electrons. The van der Waals surface area contributed by atoms with Crippen LogP contribution in [0.25, 0.3) is 0 Å². The molecule has 0 aromatic carbocycles. The summed E-state index contributed by atoms with van der Waals surface area (Å²) in [6.07, 6.45) is 0.361. The van der Waals surface area contributed by atoms with Crippen LogP contribution in [0, 0.1) is 0 Å². The van der Waals surface area contributed by atoms with E-state index in [9.17, 15) is 18.3 Å². The van der Waals surface area contributed by atoms with E-state index < -0.39 is 16.1 Å². The van der Waals surface area contributed by atoms with Crippen molar-refractivity contribution in [2.24, 2.45) is 0 Å². The number of quaternary nitrogens is 2. The van der Waals surface area contributed by atoms with Crippen LogP contribution < -0.4 is 5.11 Å². The molecule has 0 aliphatic rings. The van der Waals surface area contributed by atoms with Gasteiger partial charge in [0, 0.05) is 13.3 Å². The highest BCUT2D eigenvalue weighted by atomic mass is 32.2. The number of carbonyl (C=O) groups is 1. The largest absolute Gasteiger partial charge is 0.544 e. The standard InChI is InChI=1S/C11H23NO4S.C5H11NO2/c1-10(2)9-16-11(3)12(4,5)7-6-8-17(13,14)15;1-6(2,3)4-5(7)8/h11H,1,6-9H2,2-5H3;4H2,1-3H3/p+1. The molecule has 0 aliphatic carbocycles. The average Bonchev–Trinajstić information content (AvgIpc) is 2.31. The number of aliphatic carboxylic acids is 1. The zero-order valence-electron chi connectivity index (χ0n) is 16.6. The fourth-order valence-electron chi connectivity index (χ4n) is 1.69. The van der Waals surface area contributed by atoms with E-state index in [-0.39, 0.29) is 18.5 Å². The molecule has 1 unspecified atom stereocenters. The maximum atomic E-state index is 10.6. The van der Waals surface area contributed by atoms with Gasteiger partial charge in [0.25, 0.3) is 10.1 Å². The highest BCUT2D eigenvalue weighted by Crippen LogP contribution is 2.10. The summed E-state index contributed by atoms with van der Waals surface area (Å²) in [6, 6.07) is 0. The second-order valence-corrected chi connectivity index (χ2v) is 9.40. The Hall–Kier alpha value is -1.00. The van der Waals surface area contributed by atoms with Crippen LogP contribution in [-0.4, -0.2) is 94.8 Å². The highest BCUT2D eigenvalue weighted by Gasteiger charge is 2.24. The first kappa shape index (κ1) is 26.2. The van der Waals surface area contributed by atoms with Gasteiger partial charge >= 0.3 is 0 Å². The Morgan fingerprint density at radius 3 is 2.00 bits per heavy atom. The zero-order chi connectivity index (χ0) is 20.5. The lowest BCUT2D eigenvalue weighted by Crippen LogP contribution is -2.49. The van der Waals surface area contributed by atoms with Crippen molar-refractivity contribution in [1.29, 1.82) is 0 Å². The maximum Gasteiger partial charge on any atom is 0.265 e. The number of hydrogen-bond acceptors (Lipinski definition) is 5. The van der Waals surface area contributed by atoms with Gasteiger partial charge in [-0.1, -0.05) is 12.2 Å². The van der Waals surface area contributed by atoms with Crippen molar-refractivity contribution in [2.45, 2.75) is 26.5 Å². The zero-order valence-corrected chi connectivity index (χ0v) is 17.4. The summed E-state index contributed by atoms with van der Waals surface area (Å²) in [5, 5.41) is 9.89. The minimum atomic E-state index is -3.86. The van der Waals surface area contributed by atoms with Gasteiger partial charge < -0.3 is 23.6 Å². The minimum absolute atomic E-state index is 0.0481. The van der Waals surface area contributed by atoms with Gasteiger partial charge in [0.15, 0.2) is 6.23 Å². The van der Waals surface area contributed by atoms with Gasteiger partial charge in [0.05, 0.1) is 60.1 Å². The summed E-state index contributed by atoms with van der Waals surface area (Å²) in [5.74, 6) is -1.21. The smallest absolute Gasteiger partial charge is 0.265 e. The van der Waals surface area contributed by atoms with Gasteiger partial charge in [-0.15, -0.1) is 0 Å². The second-order valence-electron chi connectivity index (χ2n) is 7.83. The topological polar surface area (TPSA) is 104 Å². The van der Waals surface area contributed by atoms with Crippen molar-refractivity contribution >= 4 is 16.1 Å². The fraction of sp³-hybridized carbons (Fsp3) is 0.812. The molecule has 0 bridgehead atoms. The highest BCUT2D eigenvalue weighted by molar-refractivity contribution is 7.85. The van der Waals surface area contributed by atoms with Crippen molar-refractivity contribution < 1.29 is 36.6 Å². The number of hydrogen-bond donors (Lipinski definition) is 1. The monoisotopic (exact) mass is 383 g/mol. The van der Waals surface area contributed by atoms with Crippen molar-refractivity contribution in [3.8, 4) is 0 Å². The van der Waals surface area contributed by atoms with E-state index >= 15 is 0 Å². The van der Waals surface area contributed by atoms with Gasteiger partial charge in [-0.3, -0.25) is 4.55 Å². The average molecular weight is 384 g/mol. The van der Waals surface area contributed by atoms with Crippen molar-refractivity contribution in [1.82, 2.24) is 0 Å². The first-order valence-electron chi connectivity index (χ1n) is 8.00. The molecule has 1 N–H and O–H groups in total. The van der Waals surface area contributed by atoms with Gasteiger partial charge in [0.1, 0.15) is 6.54 Å². The van der Waals surface area contributed by atoms with Crippen LogP contribution >= 0.6 is 0 Å². The lowest BCUT2D eigenvalue weighted by Gasteiger charge is -2.35. The number of carbonyl (C=O) groups excluding carboxylic acids is 1. The lowest BCUT2D eigenvalue weighted by molar-refractivity contribution is -0.935. The normalized spacial score (nSPS) is 13.6. The molecule has 9 heteroatoms. The van der Waals surface area contributed by atoms with E-state index in [4.69, 9.17) is 9.29 Å². The molecular formula is C16H35N2O6S+. The summed E-state index contributed by atoms with van der Waals surface area (Å²) < 4.78 is 36.4. The number of carboxylic acid groups (broad SMARTS) is 1. The van der Waals surface area contributed by atoms with E-state index in [2.05, 4.69) is 6.58 Å². The van der Waals surface area contributed by atoms with Crippen molar-refractivity contribution in [2.75, 3.05) is 60.7 Å². The van der Waals surface area contributed by atoms with Crippen LogP contribution in [0.2, 0.25) is 0 Å². The number of nitrogens with zero attached hydrogens (tertiary/aromatic N) is 2. The maximum absolute atomic E-state index is 10.6. The molecule has 0 saturated carbocycles. The SMILES string of the molecule is C=C(C)COC(C)[N+](C)(C)CCCS(=O)(=O)O.C[N+](C)(C)CC(=O)[O-]. The van der Waals surface area contributed by atoms with Gasteiger partial charge in [-0.25, -0.2) is 0 Å². The second kappa shape index (κ2) is 10.9. The number of rotatable bonds is 10. The van der Waals surface area contributed by atoms with Crippen molar-refractivity contribution in [3.05, 3.63) is 12.2 Å². The Balaban J connectivity index is 0. The molecule has 1 atom stereocenters. The lowest BCUT2D eigenvalue weighted by atomic mass is 10.3. The number of likely N-dealkylation sites (N-methyl/N-ethyl adjacent to an activating group) is 1. The molecule has 0 aliphatic heterocycles. The molecule has 8 nitrogen and oxygen atoms in total. The van der Waals surface area contributed by atoms with Crippen LogP contribution in [0.3, 0.4) is 0 Å². The van der Waals surface area contributed by atoms with Gasteiger partial charge in [0.2, 0.25) is 0 Å². The van der Waals surface area contributed by atoms with Crippen LogP contribution in [0.15, 0.2) is 12.2 Å². The number of carboxylic acids is 1. The molecule has 0 radical (unpaired) electrons. The first-order valence-corrected chi connectivity index (χ1v) is 9.61. The third-order valence-electron chi connectivity index (χ3n) is 3.30. The molecular weight excluding hydrogens is 348 g/mol. The van der Waals surface area contributed by atoms with E-state index in [1.165, 1.54) is 0 Å². The Morgan fingerprint density at radius 1 is 1.24 bits per heavy atom. The molecule has 0 aromatic rings. The fourth-order valence-corrected chi connectivity index (χ4v) is 2.18. The third-order valence-corrected chi connectivity index (χ3v) is 4.10. The molecule has 0 rings (SSSR count). The van der Waals surface area contributed by atoms with E-state index in [1.807, 2.05) is 27.9 Å². The molecule has 0 fully saturated rings. The van der Waals surface area contributed by atoms with E-state index in [0.29, 0.717) is 28.5 Å². The Kier molecular flexibility index (Phi) is 11.4. The Bertz CT molecular complexity index is 523. The number of ether oxygens (including phenoxy) is 1. The van der Waals surface area contributed by atoms with Crippen LogP contribution in [0.4, 0.5) is 0 Å². The predicted molar refractivity (Wildman–Crippen MR) is 96.1 cm³/mol. The van der Waals surface area contributed by atoms with Crippen molar-refractivity contribution in [3.63, 3.8) is 0 Å². The van der Waals surface area contributed by atoms with Gasteiger partial charge in [-0.05, 0) is 6.92 Å². The molecule has 0 aromatic heterocycles. The first-order chi connectivity index (χ1) is 11.0. The van der Waals surface area contributed by atoms with E-state index in [0.717, 1.165) is 5.57 Å². The summed E-state index contributed by atoms with van der Waals surface area (Å²) in [7, 11) is 5.47. The molecule has 0 amide bonds. The van der Waals surface area contributed by atoms with E-state index in [1.54, 1.807) is 21.1 Å². The molecule has 0 spiro atoms. The Morgan fingerprint density at radius 2 is 1.72 bits per heavy atom.